The summed E-state index contributed by atoms with van der Waals surface area (Å²) in [6.45, 7) is 8.12. The van der Waals surface area contributed by atoms with Crippen LogP contribution in [0.4, 0.5) is 0 Å². The maximum Gasteiger partial charge on any atom is 0.227 e. The fourth-order valence-electron chi connectivity index (χ4n) is 4.12. The van der Waals surface area contributed by atoms with Crippen molar-refractivity contribution in [3.05, 3.63) is 16.1 Å². The summed E-state index contributed by atoms with van der Waals surface area (Å²) in [6.07, 6.45) is 6.40. The highest BCUT2D eigenvalue weighted by atomic mass is 32.1. The highest BCUT2D eigenvalue weighted by Gasteiger charge is 2.41. The molecule has 0 spiro atoms. The molecule has 1 aromatic heterocycles. The molecule has 1 aromatic rings. The molecule has 1 aliphatic carbocycles. The molecule has 1 saturated carbocycles. The van der Waals surface area contributed by atoms with E-state index in [1.807, 2.05) is 0 Å². The minimum atomic E-state index is -0.339. The van der Waals surface area contributed by atoms with Gasteiger partial charge in [0.1, 0.15) is 0 Å². The standard InChI is InChI=1S/C19H31N3OS/c1-13(2)16-12-24-17(21-16)14-7-6-10-22(11-14)18(23)15-8-4-5-9-19(15,3)20/h12-15H,4-11,20H2,1-3H3. The molecule has 1 aliphatic heterocycles. The van der Waals surface area contributed by atoms with Crippen LogP contribution in [0.5, 0.6) is 0 Å². The van der Waals surface area contributed by atoms with Gasteiger partial charge in [0.05, 0.1) is 16.6 Å². The number of likely N-dealkylation sites (tertiary alicyclic amines) is 1. The molecule has 3 rings (SSSR count). The van der Waals surface area contributed by atoms with E-state index in [0.717, 1.165) is 51.6 Å². The number of carbonyl (C=O) groups is 1. The Labute approximate surface area is 149 Å². The average Bonchev–Trinajstić information content (AvgIpc) is 3.04. The molecule has 3 unspecified atom stereocenters. The van der Waals surface area contributed by atoms with Gasteiger partial charge in [-0.1, -0.05) is 26.7 Å². The lowest BCUT2D eigenvalue weighted by molar-refractivity contribution is -0.140. The quantitative estimate of drug-likeness (QED) is 0.901. The van der Waals surface area contributed by atoms with Gasteiger partial charge < -0.3 is 10.6 Å². The van der Waals surface area contributed by atoms with Crippen molar-refractivity contribution in [2.45, 2.75) is 76.7 Å². The Morgan fingerprint density at radius 1 is 1.38 bits per heavy atom. The number of thiazole rings is 1. The molecule has 2 heterocycles. The first-order valence-corrected chi connectivity index (χ1v) is 10.3. The van der Waals surface area contributed by atoms with Crippen molar-refractivity contribution < 1.29 is 4.79 Å². The van der Waals surface area contributed by atoms with Gasteiger partial charge >= 0.3 is 0 Å². The SMILES string of the molecule is CC(C)c1csc(C2CCCN(C(=O)C3CCCCC3(C)N)C2)n1. The number of carbonyl (C=O) groups excluding carboxylic acids is 1. The van der Waals surface area contributed by atoms with E-state index >= 15 is 0 Å². The van der Waals surface area contributed by atoms with E-state index in [9.17, 15) is 4.79 Å². The molecule has 1 amide bonds. The maximum atomic E-state index is 13.1. The van der Waals surface area contributed by atoms with Crippen molar-refractivity contribution in [3.63, 3.8) is 0 Å². The molecular formula is C19H31N3OS. The fourth-order valence-corrected chi connectivity index (χ4v) is 5.23. The zero-order chi connectivity index (χ0) is 17.3. The van der Waals surface area contributed by atoms with Gasteiger partial charge in [0.25, 0.3) is 0 Å². The molecule has 0 bridgehead atoms. The number of hydrogen-bond donors (Lipinski definition) is 1. The van der Waals surface area contributed by atoms with E-state index in [1.165, 1.54) is 10.7 Å². The monoisotopic (exact) mass is 349 g/mol. The molecule has 0 aromatic carbocycles. The van der Waals surface area contributed by atoms with E-state index in [2.05, 4.69) is 31.1 Å². The van der Waals surface area contributed by atoms with Crippen LogP contribution < -0.4 is 5.73 Å². The summed E-state index contributed by atoms with van der Waals surface area (Å²) in [5.74, 6) is 1.14. The van der Waals surface area contributed by atoms with Crippen LogP contribution >= 0.6 is 11.3 Å². The first-order valence-electron chi connectivity index (χ1n) is 9.41. The van der Waals surface area contributed by atoms with Gasteiger partial charge in [-0.25, -0.2) is 4.98 Å². The Morgan fingerprint density at radius 2 is 2.17 bits per heavy atom. The second-order valence-corrected chi connectivity index (χ2v) is 9.08. The summed E-state index contributed by atoms with van der Waals surface area (Å²) in [5, 5.41) is 3.38. The Morgan fingerprint density at radius 3 is 2.83 bits per heavy atom. The Hall–Kier alpha value is -0.940. The predicted octanol–water partition coefficient (Wildman–Crippen LogP) is 3.88. The van der Waals surface area contributed by atoms with Crippen LogP contribution in [0.1, 0.15) is 81.8 Å². The van der Waals surface area contributed by atoms with Crippen molar-refractivity contribution in [2.24, 2.45) is 11.7 Å². The third-order valence-corrected chi connectivity index (χ3v) is 6.79. The first kappa shape index (κ1) is 17.9. The number of aromatic nitrogens is 1. The van der Waals surface area contributed by atoms with Crippen molar-refractivity contribution in [3.8, 4) is 0 Å². The summed E-state index contributed by atoms with van der Waals surface area (Å²) >= 11 is 1.76. The number of nitrogens with zero attached hydrogens (tertiary/aromatic N) is 2. The zero-order valence-electron chi connectivity index (χ0n) is 15.3. The van der Waals surface area contributed by atoms with Crippen LogP contribution in [0, 0.1) is 5.92 Å². The molecular weight excluding hydrogens is 318 g/mol. The highest BCUT2D eigenvalue weighted by molar-refractivity contribution is 7.09. The maximum absolute atomic E-state index is 13.1. The number of amides is 1. The van der Waals surface area contributed by atoms with Crippen LogP contribution in [0.15, 0.2) is 5.38 Å². The summed E-state index contributed by atoms with van der Waals surface area (Å²) in [7, 11) is 0. The number of piperidine rings is 1. The van der Waals surface area contributed by atoms with Crippen LogP contribution in [0.25, 0.3) is 0 Å². The second-order valence-electron chi connectivity index (χ2n) is 8.19. The molecule has 5 heteroatoms. The number of nitrogens with two attached hydrogens (primary N) is 1. The first-order chi connectivity index (χ1) is 11.4. The Kier molecular flexibility index (Phi) is 5.30. The number of rotatable bonds is 3. The van der Waals surface area contributed by atoms with Crippen molar-refractivity contribution in [2.75, 3.05) is 13.1 Å². The summed E-state index contributed by atoms with van der Waals surface area (Å²) in [6, 6.07) is 0. The van der Waals surface area contributed by atoms with Gasteiger partial charge in [-0.05, 0) is 38.5 Å². The normalized spacial score (nSPS) is 31.5. The largest absolute Gasteiger partial charge is 0.342 e. The highest BCUT2D eigenvalue weighted by Crippen LogP contribution is 2.36. The van der Waals surface area contributed by atoms with E-state index < -0.39 is 0 Å². The fraction of sp³-hybridized carbons (Fsp3) is 0.789. The second kappa shape index (κ2) is 7.12. The molecule has 0 radical (unpaired) electrons. The van der Waals surface area contributed by atoms with Gasteiger partial charge in [0.2, 0.25) is 5.91 Å². The molecule has 1 saturated heterocycles. The van der Waals surface area contributed by atoms with Gasteiger partial charge in [-0.15, -0.1) is 11.3 Å². The average molecular weight is 350 g/mol. The summed E-state index contributed by atoms with van der Waals surface area (Å²) < 4.78 is 0. The van der Waals surface area contributed by atoms with Crippen LogP contribution in [0.3, 0.4) is 0 Å². The van der Waals surface area contributed by atoms with Gasteiger partial charge in [0, 0.05) is 29.9 Å². The van der Waals surface area contributed by atoms with Crippen LogP contribution in [0.2, 0.25) is 0 Å². The molecule has 2 fully saturated rings. The van der Waals surface area contributed by atoms with Crippen molar-refractivity contribution in [1.29, 1.82) is 0 Å². The summed E-state index contributed by atoms with van der Waals surface area (Å²) in [5.41, 5.74) is 7.30. The van der Waals surface area contributed by atoms with Crippen LogP contribution in [-0.4, -0.2) is 34.4 Å². The smallest absolute Gasteiger partial charge is 0.227 e. The molecule has 4 nitrogen and oxygen atoms in total. The van der Waals surface area contributed by atoms with E-state index in [0.29, 0.717) is 11.8 Å². The van der Waals surface area contributed by atoms with E-state index in [-0.39, 0.29) is 17.4 Å². The Bertz CT molecular complexity index is 581. The van der Waals surface area contributed by atoms with E-state index in [1.54, 1.807) is 11.3 Å². The third-order valence-electron chi connectivity index (χ3n) is 5.77. The molecule has 3 atom stereocenters. The van der Waals surface area contributed by atoms with E-state index in [4.69, 9.17) is 10.7 Å². The lowest BCUT2D eigenvalue weighted by atomic mass is 9.73. The Balaban J connectivity index is 1.69. The molecule has 2 aliphatic rings. The topological polar surface area (TPSA) is 59.2 Å². The molecule has 24 heavy (non-hydrogen) atoms. The third kappa shape index (κ3) is 3.67. The molecule has 2 N–H and O–H groups in total. The lowest BCUT2D eigenvalue weighted by Gasteiger charge is -2.42. The van der Waals surface area contributed by atoms with Crippen LogP contribution in [-0.2, 0) is 4.79 Å². The van der Waals surface area contributed by atoms with Gasteiger partial charge in [-0.3, -0.25) is 4.79 Å². The summed E-state index contributed by atoms with van der Waals surface area (Å²) in [4.78, 5) is 20.0. The van der Waals surface area contributed by atoms with Gasteiger partial charge in [-0.2, -0.15) is 0 Å². The van der Waals surface area contributed by atoms with Crippen molar-refractivity contribution in [1.82, 2.24) is 9.88 Å². The molecule has 134 valence electrons. The van der Waals surface area contributed by atoms with Crippen molar-refractivity contribution >= 4 is 17.2 Å². The zero-order valence-corrected chi connectivity index (χ0v) is 16.1. The number of hydrogen-bond acceptors (Lipinski definition) is 4. The lowest BCUT2D eigenvalue weighted by Crippen LogP contribution is -2.55. The minimum Gasteiger partial charge on any atom is -0.342 e. The predicted molar refractivity (Wildman–Crippen MR) is 99.3 cm³/mol. The van der Waals surface area contributed by atoms with Gasteiger partial charge in [0.15, 0.2) is 0 Å². The minimum absolute atomic E-state index is 0.00693.